The number of nitrogens with zero attached hydrogens (tertiary/aromatic N) is 3. The van der Waals surface area contributed by atoms with Gasteiger partial charge in [-0.1, -0.05) is 64.9 Å². The topological polar surface area (TPSA) is 46.1 Å². The van der Waals surface area contributed by atoms with Gasteiger partial charge in [0.1, 0.15) is 10.4 Å². The van der Waals surface area contributed by atoms with Crippen molar-refractivity contribution in [3.05, 3.63) is 64.1 Å². The summed E-state index contributed by atoms with van der Waals surface area (Å²) in [6, 6.07) is 15.0. The summed E-state index contributed by atoms with van der Waals surface area (Å²) in [6.07, 6.45) is 0. The lowest BCUT2D eigenvalue weighted by molar-refractivity contribution is -0.115. The van der Waals surface area contributed by atoms with Crippen LogP contribution in [0.15, 0.2) is 48.5 Å². The summed E-state index contributed by atoms with van der Waals surface area (Å²) in [4.78, 5) is 14.1. The molecular formula is C17H11Cl2N3OS2. The maximum absolute atomic E-state index is 12.4. The smallest absolute Gasteiger partial charge is 0.240 e. The molecule has 0 N–H and O–H groups in total. The number of carbonyl (C=O) groups is 1. The first kappa shape index (κ1) is 16.8. The number of aromatic nitrogens is 2. The first-order valence-electron chi connectivity index (χ1n) is 7.41. The minimum Gasteiger partial charge on any atom is -0.273 e. The van der Waals surface area contributed by atoms with Crippen molar-refractivity contribution in [2.24, 2.45) is 0 Å². The van der Waals surface area contributed by atoms with Crippen molar-refractivity contribution in [2.75, 3.05) is 10.7 Å². The zero-order valence-corrected chi connectivity index (χ0v) is 15.9. The van der Waals surface area contributed by atoms with E-state index in [1.807, 2.05) is 36.4 Å². The van der Waals surface area contributed by atoms with Crippen LogP contribution in [0.2, 0.25) is 10.0 Å². The molecule has 1 saturated heterocycles. The lowest BCUT2D eigenvalue weighted by Crippen LogP contribution is -2.27. The van der Waals surface area contributed by atoms with Crippen LogP contribution in [0.5, 0.6) is 0 Å². The molecule has 25 heavy (non-hydrogen) atoms. The molecule has 4 nitrogen and oxygen atoms in total. The molecule has 2 heterocycles. The van der Waals surface area contributed by atoms with Crippen molar-refractivity contribution in [1.82, 2.24) is 10.2 Å². The van der Waals surface area contributed by atoms with E-state index in [4.69, 9.17) is 23.2 Å². The molecule has 0 spiro atoms. The summed E-state index contributed by atoms with van der Waals surface area (Å²) >= 11 is 15.2. The average Bonchev–Trinajstić information content (AvgIpc) is 3.23. The molecule has 1 fully saturated rings. The number of anilines is 1. The first-order chi connectivity index (χ1) is 12.1. The van der Waals surface area contributed by atoms with Gasteiger partial charge in [0.05, 0.1) is 5.75 Å². The zero-order valence-electron chi connectivity index (χ0n) is 12.7. The fraction of sp³-hybridized carbons (Fsp3) is 0.118. The van der Waals surface area contributed by atoms with Crippen LogP contribution in [0, 0.1) is 0 Å². The van der Waals surface area contributed by atoms with Crippen LogP contribution in [0.1, 0.15) is 10.9 Å². The van der Waals surface area contributed by atoms with Crippen LogP contribution in [0.4, 0.5) is 5.13 Å². The van der Waals surface area contributed by atoms with Crippen LogP contribution >= 0.6 is 46.3 Å². The van der Waals surface area contributed by atoms with E-state index in [0.29, 0.717) is 20.9 Å². The van der Waals surface area contributed by atoms with Crippen molar-refractivity contribution >= 4 is 57.3 Å². The predicted molar refractivity (Wildman–Crippen MR) is 104 cm³/mol. The number of halogens is 2. The fourth-order valence-corrected chi connectivity index (χ4v) is 5.14. The summed E-state index contributed by atoms with van der Waals surface area (Å²) in [5.41, 5.74) is 1.82. The van der Waals surface area contributed by atoms with Gasteiger partial charge in [0, 0.05) is 21.2 Å². The maximum atomic E-state index is 12.4. The molecule has 1 aliphatic heterocycles. The van der Waals surface area contributed by atoms with E-state index in [1.165, 1.54) is 11.3 Å². The lowest BCUT2D eigenvalue weighted by Gasteiger charge is -2.21. The Labute approximate surface area is 162 Å². The summed E-state index contributed by atoms with van der Waals surface area (Å²) in [7, 11) is 0. The van der Waals surface area contributed by atoms with Crippen molar-refractivity contribution in [3.8, 4) is 10.6 Å². The van der Waals surface area contributed by atoms with Crippen molar-refractivity contribution in [2.45, 2.75) is 5.37 Å². The standard InChI is InChI=1S/C17H11Cl2N3OS2/c18-11-7-5-10(6-8-11)15-20-21-17(25-15)22-14(23)9-24-16(22)12-3-1-2-4-13(12)19/h1-8,16H,9H2. The van der Waals surface area contributed by atoms with Gasteiger partial charge in [0.2, 0.25) is 11.0 Å². The van der Waals surface area contributed by atoms with Crippen molar-refractivity contribution < 1.29 is 4.79 Å². The van der Waals surface area contributed by atoms with E-state index in [1.54, 1.807) is 28.8 Å². The normalized spacial score (nSPS) is 17.3. The number of hydrogen-bond acceptors (Lipinski definition) is 5. The third-order valence-electron chi connectivity index (χ3n) is 3.75. The second-order valence-corrected chi connectivity index (χ2v) is 8.21. The van der Waals surface area contributed by atoms with Crippen LogP contribution in [0.3, 0.4) is 0 Å². The molecule has 1 amide bonds. The van der Waals surface area contributed by atoms with E-state index in [0.717, 1.165) is 16.1 Å². The number of amides is 1. The Kier molecular flexibility index (Phi) is 4.69. The van der Waals surface area contributed by atoms with E-state index in [2.05, 4.69) is 10.2 Å². The molecule has 0 bridgehead atoms. The molecule has 0 radical (unpaired) electrons. The molecule has 1 unspecified atom stereocenters. The molecule has 4 rings (SSSR count). The third-order valence-corrected chi connectivity index (χ3v) is 6.51. The highest BCUT2D eigenvalue weighted by Crippen LogP contribution is 2.45. The SMILES string of the molecule is O=C1CSC(c2ccccc2Cl)N1c1nnc(-c2ccc(Cl)cc2)s1. The molecule has 0 saturated carbocycles. The number of rotatable bonds is 3. The molecule has 3 aromatic rings. The number of carbonyl (C=O) groups excluding carboxylic acids is 1. The summed E-state index contributed by atoms with van der Waals surface area (Å²) < 4.78 is 0. The van der Waals surface area contributed by atoms with Crippen LogP contribution in [-0.2, 0) is 4.79 Å². The van der Waals surface area contributed by atoms with Gasteiger partial charge < -0.3 is 0 Å². The predicted octanol–water partition coefficient (Wildman–Crippen LogP) is 5.29. The van der Waals surface area contributed by atoms with Gasteiger partial charge in [-0.25, -0.2) is 0 Å². The molecule has 2 aromatic carbocycles. The van der Waals surface area contributed by atoms with Gasteiger partial charge >= 0.3 is 0 Å². The van der Waals surface area contributed by atoms with Gasteiger partial charge in [-0.05, 0) is 18.2 Å². The highest BCUT2D eigenvalue weighted by molar-refractivity contribution is 8.00. The summed E-state index contributed by atoms with van der Waals surface area (Å²) in [5, 5.41) is 10.9. The lowest BCUT2D eigenvalue weighted by atomic mass is 10.2. The molecule has 8 heteroatoms. The van der Waals surface area contributed by atoms with Gasteiger partial charge in [-0.15, -0.1) is 22.0 Å². The molecule has 0 aliphatic carbocycles. The van der Waals surface area contributed by atoms with Gasteiger partial charge in [0.15, 0.2) is 0 Å². The summed E-state index contributed by atoms with van der Waals surface area (Å²) in [6.45, 7) is 0. The molecular weight excluding hydrogens is 397 g/mol. The van der Waals surface area contributed by atoms with E-state index in [-0.39, 0.29) is 11.3 Å². The maximum Gasteiger partial charge on any atom is 0.240 e. The largest absolute Gasteiger partial charge is 0.273 e. The number of thioether (sulfide) groups is 1. The van der Waals surface area contributed by atoms with E-state index < -0.39 is 0 Å². The second-order valence-electron chi connectivity index (χ2n) is 5.35. The molecule has 1 aromatic heterocycles. The quantitative estimate of drug-likeness (QED) is 0.591. The van der Waals surface area contributed by atoms with E-state index >= 15 is 0 Å². The first-order valence-corrected chi connectivity index (χ1v) is 10.0. The minimum atomic E-state index is -0.188. The van der Waals surface area contributed by atoms with Gasteiger partial charge in [-0.2, -0.15) is 0 Å². The van der Waals surface area contributed by atoms with Crippen LogP contribution in [-0.4, -0.2) is 21.9 Å². The summed E-state index contributed by atoms with van der Waals surface area (Å²) in [5.74, 6) is 0.403. The Morgan fingerprint density at radius 1 is 1.04 bits per heavy atom. The Morgan fingerprint density at radius 2 is 1.80 bits per heavy atom. The number of benzene rings is 2. The fourth-order valence-electron chi connectivity index (χ4n) is 2.56. The Balaban J connectivity index is 1.69. The van der Waals surface area contributed by atoms with Crippen LogP contribution < -0.4 is 4.90 Å². The Bertz CT molecular complexity index is 930. The van der Waals surface area contributed by atoms with Gasteiger partial charge in [0.25, 0.3) is 0 Å². The van der Waals surface area contributed by atoms with Gasteiger partial charge in [-0.3, -0.25) is 9.69 Å². The molecule has 1 aliphatic rings. The number of hydrogen-bond donors (Lipinski definition) is 0. The van der Waals surface area contributed by atoms with Crippen LogP contribution in [0.25, 0.3) is 10.6 Å². The monoisotopic (exact) mass is 407 g/mol. The highest BCUT2D eigenvalue weighted by atomic mass is 35.5. The Hall–Kier alpha value is -1.60. The second kappa shape index (κ2) is 6.96. The minimum absolute atomic E-state index is 0.00808. The highest BCUT2D eigenvalue weighted by Gasteiger charge is 2.37. The average molecular weight is 408 g/mol. The molecule has 1 atom stereocenters. The molecule has 126 valence electrons. The van der Waals surface area contributed by atoms with Crippen molar-refractivity contribution in [1.29, 1.82) is 0 Å². The van der Waals surface area contributed by atoms with Crippen molar-refractivity contribution in [3.63, 3.8) is 0 Å². The zero-order chi connectivity index (χ0) is 17.4. The van der Waals surface area contributed by atoms with E-state index in [9.17, 15) is 4.79 Å². The third kappa shape index (κ3) is 3.27. The Morgan fingerprint density at radius 3 is 2.56 bits per heavy atom.